The first-order chi connectivity index (χ1) is 14.7. The van der Waals surface area contributed by atoms with Crippen LogP contribution in [0.2, 0.25) is 0 Å². The van der Waals surface area contributed by atoms with Crippen molar-refractivity contribution in [2.75, 3.05) is 20.7 Å². The first-order valence-corrected chi connectivity index (χ1v) is 10.4. The summed E-state index contributed by atoms with van der Waals surface area (Å²) in [6, 6.07) is 24.6. The average Bonchev–Trinajstić information content (AvgIpc) is 2.96. The van der Waals surface area contributed by atoms with Gasteiger partial charge in [-0.25, -0.2) is 0 Å². The Hall–Kier alpha value is -3.33. The van der Waals surface area contributed by atoms with Crippen molar-refractivity contribution >= 4 is 11.5 Å². The number of amides is 1. The van der Waals surface area contributed by atoms with E-state index in [4.69, 9.17) is 4.74 Å². The van der Waals surface area contributed by atoms with Crippen LogP contribution in [0.4, 0.5) is 0 Å². The third-order valence-corrected chi connectivity index (χ3v) is 5.78. The topological polar surface area (TPSA) is 29.5 Å². The zero-order chi connectivity index (χ0) is 20.9. The maximum absolute atomic E-state index is 12.7. The van der Waals surface area contributed by atoms with Gasteiger partial charge in [-0.05, 0) is 71.4 Å². The van der Waals surface area contributed by atoms with E-state index < -0.39 is 0 Å². The van der Waals surface area contributed by atoms with Crippen LogP contribution in [0.5, 0.6) is 5.75 Å². The quantitative estimate of drug-likeness (QED) is 0.578. The van der Waals surface area contributed by atoms with Gasteiger partial charge in [0.2, 0.25) is 0 Å². The van der Waals surface area contributed by atoms with Crippen molar-refractivity contribution in [1.82, 2.24) is 4.90 Å². The molecule has 0 fully saturated rings. The van der Waals surface area contributed by atoms with Crippen LogP contribution < -0.4 is 4.74 Å². The van der Waals surface area contributed by atoms with E-state index in [1.807, 2.05) is 31.3 Å². The van der Waals surface area contributed by atoms with E-state index >= 15 is 0 Å². The molecule has 0 atom stereocenters. The predicted octanol–water partition coefficient (Wildman–Crippen LogP) is 5.39. The van der Waals surface area contributed by atoms with E-state index in [1.165, 1.54) is 27.8 Å². The van der Waals surface area contributed by atoms with Crippen molar-refractivity contribution in [2.45, 2.75) is 19.3 Å². The second kappa shape index (κ2) is 9.00. The highest BCUT2D eigenvalue weighted by Crippen LogP contribution is 2.33. The number of ether oxygens (including phenoxy) is 1. The minimum Gasteiger partial charge on any atom is -0.497 e. The number of carbonyl (C=O) groups is 1. The molecule has 0 saturated carbocycles. The standard InChI is InChI=1S/C27H27NO2/c1-28(27(29)22-15-17-23(30-2)18-16-22)19-7-12-26-24-10-5-3-8-20(24)13-14-21-9-4-6-11-25(21)26/h3-6,8-12,15-18H,7,13-14,19H2,1-2H3. The maximum Gasteiger partial charge on any atom is 0.253 e. The molecule has 0 unspecified atom stereocenters. The lowest BCUT2D eigenvalue weighted by atomic mass is 9.93. The molecule has 0 radical (unpaired) electrons. The van der Waals surface area contributed by atoms with Gasteiger partial charge < -0.3 is 9.64 Å². The summed E-state index contributed by atoms with van der Waals surface area (Å²) in [6.07, 6.45) is 5.21. The third-order valence-electron chi connectivity index (χ3n) is 5.78. The van der Waals surface area contributed by atoms with Crippen LogP contribution in [-0.2, 0) is 12.8 Å². The van der Waals surface area contributed by atoms with Crippen LogP contribution in [0.15, 0.2) is 78.9 Å². The van der Waals surface area contributed by atoms with Gasteiger partial charge in [0.1, 0.15) is 5.75 Å². The molecule has 0 bridgehead atoms. The first-order valence-electron chi connectivity index (χ1n) is 10.4. The van der Waals surface area contributed by atoms with Crippen LogP contribution in [0.3, 0.4) is 0 Å². The van der Waals surface area contributed by atoms with Gasteiger partial charge in [0.15, 0.2) is 0 Å². The third kappa shape index (κ3) is 4.16. The molecule has 0 spiro atoms. The lowest BCUT2D eigenvalue weighted by Crippen LogP contribution is -2.27. The molecule has 0 N–H and O–H groups in total. The SMILES string of the molecule is COc1ccc(C(=O)N(C)CCC=C2c3ccccc3CCc3ccccc32)cc1. The Labute approximate surface area is 178 Å². The predicted molar refractivity (Wildman–Crippen MR) is 122 cm³/mol. The van der Waals surface area contributed by atoms with Gasteiger partial charge in [0, 0.05) is 19.2 Å². The zero-order valence-corrected chi connectivity index (χ0v) is 17.6. The molecule has 3 nitrogen and oxygen atoms in total. The average molecular weight is 398 g/mol. The summed E-state index contributed by atoms with van der Waals surface area (Å²) in [4.78, 5) is 14.5. The molecule has 1 amide bonds. The van der Waals surface area contributed by atoms with Crippen molar-refractivity contribution in [3.05, 3.63) is 107 Å². The highest BCUT2D eigenvalue weighted by atomic mass is 16.5. The highest BCUT2D eigenvalue weighted by molar-refractivity contribution is 5.94. The summed E-state index contributed by atoms with van der Waals surface area (Å²) in [6.45, 7) is 0.665. The Balaban J connectivity index is 1.54. The molecule has 3 aromatic rings. The molecule has 0 heterocycles. The number of rotatable bonds is 5. The van der Waals surface area contributed by atoms with Crippen LogP contribution in [0.25, 0.3) is 5.57 Å². The van der Waals surface area contributed by atoms with Gasteiger partial charge >= 0.3 is 0 Å². The molecule has 1 aliphatic rings. The molecule has 152 valence electrons. The molecule has 0 aliphatic heterocycles. The Kier molecular flexibility index (Phi) is 5.99. The van der Waals surface area contributed by atoms with Crippen LogP contribution in [0.1, 0.15) is 39.0 Å². The highest BCUT2D eigenvalue weighted by Gasteiger charge is 2.17. The van der Waals surface area contributed by atoms with E-state index in [1.54, 1.807) is 12.0 Å². The smallest absolute Gasteiger partial charge is 0.253 e. The van der Waals surface area contributed by atoms with E-state index in [-0.39, 0.29) is 5.91 Å². The van der Waals surface area contributed by atoms with E-state index in [2.05, 4.69) is 54.6 Å². The van der Waals surface area contributed by atoms with Gasteiger partial charge in [-0.1, -0.05) is 54.6 Å². The van der Waals surface area contributed by atoms with Crippen molar-refractivity contribution < 1.29 is 9.53 Å². The number of methoxy groups -OCH3 is 1. The molecular formula is C27H27NO2. The summed E-state index contributed by atoms with van der Waals surface area (Å²) in [5.74, 6) is 0.780. The van der Waals surface area contributed by atoms with E-state index in [0.717, 1.165) is 25.0 Å². The minimum atomic E-state index is 0.0257. The zero-order valence-electron chi connectivity index (χ0n) is 17.6. The summed E-state index contributed by atoms with van der Waals surface area (Å²) in [7, 11) is 3.49. The number of hydrogen-bond donors (Lipinski definition) is 0. The summed E-state index contributed by atoms with van der Waals surface area (Å²) >= 11 is 0. The fourth-order valence-electron chi connectivity index (χ4n) is 4.09. The van der Waals surface area contributed by atoms with E-state index in [9.17, 15) is 4.79 Å². The second-order valence-corrected chi connectivity index (χ2v) is 7.68. The molecule has 3 aromatic carbocycles. The maximum atomic E-state index is 12.7. The monoisotopic (exact) mass is 397 g/mol. The second-order valence-electron chi connectivity index (χ2n) is 7.68. The molecular weight excluding hydrogens is 370 g/mol. The number of aryl methyl sites for hydroxylation is 2. The lowest BCUT2D eigenvalue weighted by molar-refractivity contribution is 0.0797. The Morgan fingerprint density at radius 2 is 1.47 bits per heavy atom. The van der Waals surface area contributed by atoms with Gasteiger partial charge in [-0.3, -0.25) is 4.79 Å². The van der Waals surface area contributed by atoms with Crippen molar-refractivity contribution in [3.63, 3.8) is 0 Å². The Bertz CT molecular complexity index is 1020. The minimum absolute atomic E-state index is 0.0257. The summed E-state index contributed by atoms with van der Waals surface area (Å²) in [5.41, 5.74) is 7.36. The largest absolute Gasteiger partial charge is 0.497 e. The summed E-state index contributed by atoms with van der Waals surface area (Å²) < 4.78 is 5.18. The number of fused-ring (bicyclic) bond motifs is 2. The van der Waals surface area contributed by atoms with Crippen LogP contribution >= 0.6 is 0 Å². The van der Waals surface area contributed by atoms with Gasteiger partial charge in [-0.15, -0.1) is 0 Å². The number of hydrogen-bond acceptors (Lipinski definition) is 2. The van der Waals surface area contributed by atoms with Gasteiger partial charge in [0.05, 0.1) is 7.11 Å². The first kappa shape index (κ1) is 20.0. The van der Waals surface area contributed by atoms with Crippen LogP contribution in [-0.4, -0.2) is 31.5 Å². The van der Waals surface area contributed by atoms with Crippen molar-refractivity contribution in [1.29, 1.82) is 0 Å². The molecule has 0 saturated heterocycles. The molecule has 4 rings (SSSR count). The molecule has 3 heteroatoms. The van der Waals surface area contributed by atoms with Gasteiger partial charge in [0.25, 0.3) is 5.91 Å². The van der Waals surface area contributed by atoms with E-state index in [0.29, 0.717) is 12.1 Å². The number of nitrogens with zero attached hydrogens (tertiary/aromatic N) is 1. The molecule has 1 aliphatic carbocycles. The van der Waals surface area contributed by atoms with Crippen LogP contribution in [0, 0.1) is 0 Å². The number of carbonyl (C=O) groups excluding carboxylic acids is 1. The molecule has 30 heavy (non-hydrogen) atoms. The molecule has 0 aromatic heterocycles. The number of benzene rings is 3. The Morgan fingerprint density at radius 3 is 2.03 bits per heavy atom. The Morgan fingerprint density at radius 1 is 0.900 bits per heavy atom. The summed E-state index contributed by atoms with van der Waals surface area (Å²) in [5, 5.41) is 0. The van der Waals surface area contributed by atoms with Crippen molar-refractivity contribution in [2.24, 2.45) is 0 Å². The fourth-order valence-corrected chi connectivity index (χ4v) is 4.09. The lowest BCUT2D eigenvalue weighted by Gasteiger charge is -2.17. The van der Waals surface area contributed by atoms with Crippen molar-refractivity contribution in [3.8, 4) is 5.75 Å². The van der Waals surface area contributed by atoms with Gasteiger partial charge in [-0.2, -0.15) is 0 Å². The normalized spacial score (nSPS) is 12.4. The fraction of sp³-hybridized carbons (Fsp3) is 0.222.